The molecule has 0 spiro atoms. The van der Waals surface area contributed by atoms with E-state index >= 15 is 0 Å². The van der Waals surface area contributed by atoms with Gasteiger partial charge in [-0.3, -0.25) is 13.8 Å². The Bertz CT molecular complexity index is 886. The van der Waals surface area contributed by atoms with Gasteiger partial charge in [-0.25, -0.2) is 4.57 Å². The molecule has 1 amide bonds. The Morgan fingerprint density at radius 2 is 1.15 bits per heavy atom. The largest absolute Gasteiger partial charge is 0.472 e. The van der Waals surface area contributed by atoms with E-state index < -0.39 is 20.0 Å². The van der Waals surface area contributed by atoms with Gasteiger partial charge in [0.1, 0.15) is 13.2 Å². The number of allylic oxidation sites excluding steroid dienone is 5. The standard InChI is InChI=1S/C39H75N2O6P/c1-6-8-10-12-14-16-18-19-20-21-23-25-27-29-31-33-39(43)40-37(36-47-48(44,45)46-35-34-41(3,4)5)38(42)32-30-28-26-24-22-17-15-13-11-9-7-2/h11,13,22,24,30,32,37-38,42H,6-10,12,14-21,23,25-29,31,33-36H2,1-5H3,(H-,40,43,44,45)/p+1/b13-11+,24-22+,32-30+. The molecule has 8 nitrogen and oxygen atoms in total. The number of amides is 1. The van der Waals surface area contributed by atoms with Crippen LogP contribution in [0.4, 0.5) is 0 Å². The van der Waals surface area contributed by atoms with E-state index in [-0.39, 0.29) is 19.1 Å². The molecule has 0 aromatic heterocycles. The highest BCUT2D eigenvalue weighted by molar-refractivity contribution is 7.47. The van der Waals surface area contributed by atoms with Crippen LogP contribution in [0.25, 0.3) is 0 Å². The molecular weight excluding hydrogens is 623 g/mol. The molecular formula is C39H76N2O6P+. The number of unbranched alkanes of at least 4 members (excludes halogenated alkanes) is 17. The average molecular weight is 700 g/mol. The van der Waals surface area contributed by atoms with Crippen LogP contribution in [0.1, 0.15) is 155 Å². The zero-order valence-corrected chi connectivity index (χ0v) is 32.6. The van der Waals surface area contributed by atoms with Crippen molar-refractivity contribution in [3.05, 3.63) is 36.5 Å². The lowest BCUT2D eigenvalue weighted by Gasteiger charge is -2.25. The molecule has 0 rings (SSSR count). The molecule has 0 aromatic carbocycles. The second-order valence-electron chi connectivity index (χ2n) is 14.3. The Morgan fingerprint density at radius 3 is 1.62 bits per heavy atom. The summed E-state index contributed by atoms with van der Waals surface area (Å²) in [5.41, 5.74) is 0. The Balaban J connectivity index is 4.53. The molecule has 3 unspecified atom stereocenters. The molecule has 0 saturated carbocycles. The average Bonchev–Trinajstić information content (AvgIpc) is 3.02. The molecule has 48 heavy (non-hydrogen) atoms. The highest BCUT2D eigenvalue weighted by atomic mass is 31.2. The first-order valence-electron chi connectivity index (χ1n) is 19.4. The highest BCUT2D eigenvalue weighted by Crippen LogP contribution is 2.43. The Hall–Kier alpha value is -1.28. The van der Waals surface area contributed by atoms with Crippen LogP contribution in [0.15, 0.2) is 36.5 Å². The number of aliphatic hydroxyl groups excluding tert-OH is 1. The number of carbonyl (C=O) groups excluding carboxylic acids is 1. The molecule has 0 aliphatic rings. The predicted molar refractivity (Wildman–Crippen MR) is 203 cm³/mol. The predicted octanol–water partition coefficient (Wildman–Crippen LogP) is 9.96. The minimum Gasteiger partial charge on any atom is -0.387 e. The summed E-state index contributed by atoms with van der Waals surface area (Å²) in [6.07, 6.45) is 36.4. The Morgan fingerprint density at radius 1 is 0.688 bits per heavy atom. The van der Waals surface area contributed by atoms with Crippen molar-refractivity contribution in [2.45, 2.75) is 167 Å². The molecule has 0 saturated heterocycles. The highest BCUT2D eigenvalue weighted by Gasteiger charge is 2.27. The minimum absolute atomic E-state index is 0.0541. The van der Waals surface area contributed by atoms with E-state index in [1.54, 1.807) is 6.08 Å². The molecule has 3 atom stereocenters. The maximum absolute atomic E-state index is 12.8. The van der Waals surface area contributed by atoms with E-state index in [0.29, 0.717) is 17.4 Å². The smallest absolute Gasteiger partial charge is 0.387 e. The molecule has 0 bridgehead atoms. The maximum atomic E-state index is 12.8. The lowest BCUT2D eigenvalue weighted by molar-refractivity contribution is -0.870. The summed E-state index contributed by atoms with van der Waals surface area (Å²) < 4.78 is 23.4. The summed E-state index contributed by atoms with van der Waals surface area (Å²) >= 11 is 0. The van der Waals surface area contributed by atoms with Crippen molar-refractivity contribution >= 4 is 13.7 Å². The van der Waals surface area contributed by atoms with E-state index in [0.717, 1.165) is 51.4 Å². The first-order valence-corrected chi connectivity index (χ1v) is 20.9. The van der Waals surface area contributed by atoms with E-state index in [4.69, 9.17) is 9.05 Å². The van der Waals surface area contributed by atoms with E-state index in [1.807, 2.05) is 27.2 Å². The second kappa shape index (κ2) is 31.7. The monoisotopic (exact) mass is 700 g/mol. The number of likely N-dealkylation sites (N-methyl/N-ethyl adjacent to an activating group) is 1. The van der Waals surface area contributed by atoms with Gasteiger partial charge in [-0.05, 0) is 38.5 Å². The molecule has 0 fully saturated rings. The van der Waals surface area contributed by atoms with Gasteiger partial charge in [0, 0.05) is 6.42 Å². The molecule has 0 radical (unpaired) electrons. The number of quaternary nitrogens is 1. The Labute approximate surface area is 296 Å². The van der Waals surface area contributed by atoms with Gasteiger partial charge < -0.3 is 19.8 Å². The lowest BCUT2D eigenvalue weighted by atomic mass is 10.0. The number of phosphoric ester groups is 1. The SMILES string of the molecule is CCC/C=C/CC/C=C/CC/C=C/C(O)C(COP(=O)(O)OCC[N+](C)(C)C)NC(=O)CCCCCCCCCCCCCCCCC. The number of hydrogen-bond donors (Lipinski definition) is 3. The first-order chi connectivity index (χ1) is 23.0. The number of rotatable bonds is 34. The van der Waals surface area contributed by atoms with Crippen molar-refractivity contribution in [3.8, 4) is 0 Å². The third-order valence-electron chi connectivity index (χ3n) is 8.32. The quantitative estimate of drug-likeness (QED) is 0.0267. The van der Waals surface area contributed by atoms with Crippen molar-refractivity contribution < 1.29 is 32.9 Å². The zero-order valence-electron chi connectivity index (χ0n) is 31.7. The maximum Gasteiger partial charge on any atom is 0.472 e. The van der Waals surface area contributed by atoms with E-state index in [2.05, 4.69) is 43.5 Å². The molecule has 0 aliphatic carbocycles. The summed E-state index contributed by atoms with van der Waals surface area (Å²) in [6, 6.07) is -0.863. The van der Waals surface area contributed by atoms with Crippen molar-refractivity contribution in [1.29, 1.82) is 0 Å². The van der Waals surface area contributed by atoms with Crippen LogP contribution in [0.5, 0.6) is 0 Å². The molecule has 282 valence electrons. The minimum atomic E-state index is -4.34. The molecule has 0 aromatic rings. The third-order valence-corrected chi connectivity index (χ3v) is 9.31. The van der Waals surface area contributed by atoms with Gasteiger partial charge in [0.25, 0.3) is 0 Å². The number of aliphatic hydroxyl groups is 1. The fraction of sp³-hybridized carbons (Fsp3) is 0.821. The number of hydrogen-bond acceptors (Lipinski definition) is 5. The van der Waals surface area contributed by atoms with Crippen molar-refractivity contribution in [3.63, 3.8) is 0 Å². The normalized spacial score (nSPS) is 15.1. The summed E-state index contributed by atoms with van der Waals surface area (Å²) in [7, 11) is 1.54. The van der Waals surface area contributed by atoms with Gasteiger partial charge in [0.15, 0.2) is 0 Å². The van der Waals surface area contributed by atoms with Crippen molar-refractivity contribution in [1.82, 2.24) is 5.32 Å². The summed E-state index contributed by atoms with van der Waals surface area (Å²) in [5.74, 6) is -0.194. The molecule has 9 heteroatoms. The van der Waals surface area contributed by atoms with Crippen molar-refractivity contribution in [2.24, 2.45) is 0 Å². The first kappa shape index (κ1) is 46.7. The summed E-state index contributed by atoms with van der Waals surface area (Å²) in [5, 5.41) is 13.7. The second-order valence-corrected chi connectivity index (χ2v) is 15.7. The number of carbonyl (C=O) groups is 1. The van der Waals surface area contributed by atoms with Crippen LogP contribution in [-0.4, -0.2) is 73.4 Å². The fourth-order valence-electron chi connectivity index (χ4n) is 5.20. The van der Waals surface area contributed by atoms with Gasteiger partial charge >= 0.3 is 7.82 Å². The summed E-state index contributed by atoms with van der Waals surface area (Å²) in [4.78, 5) is 23.0. The van der Waals surface area contributed by atoms with Crippen LogP contribution < -0.4 is 5.32 Å². The summed E-state index contributed by atoms with van der Waals surface area (Å²) in [6.45, 7) is 4.69. The van der Waals surface area contributed by atoms with Gasteiger partial charge in [-0.1, -0.05) is 147 Å². The Kier molecular flexibility index (Phi) is 30.8. The topological polar surface area (TPSA) is 105 Å². The van der Waals surface area contributed by atoms with Crippen LogP contribution in [0.2, 0.25) is 0 Å². The van der Waals surface area contributed by atoms with Gasteiger partial charge in [0.2, 0.25) is 5.91 Å². The van der Waals surface area contributed by atoms with Crippen LogP contribution >= 0.6 is 7.82 Å². The molecule has 3 N–H and O–H groups in total. The lowest BCUT2D eigenvalue weighted by Crippen LogP contribution is -2.45. The molecule has 0 heterocycles. The van der Waals surface area contributed by atoms with Gasteiger partial charge in [-0.2, -0.15) is 0 Å². The third kappa shape index (κ3) is 33.2. The van der Waals surface area contributed by atoms with Crippen LogP contribution in [-0.2, 0) is 18.4 Å². The van der Waals surface area contributed by atoms with E-state index in [9.17, 15) is 19.4 Å². The van der Waals surface area contributed by atoms with Gasteiger partial charge in [0.05, 0.1) is 39.9 Å². The fourth-order valence-corrected chi connectivity index (χ4v) is 5.93. The van der Waals surface area contributed by atoms with Crippen LogP contribution in [0, 0.1) is 0 Å². The van der Waals surface area contributed by atoms with Gasteiger partial charge in [-0.15, -0.1) is 0 Å². The zero-order chi connectivity index (χ0) is 35.8. The molecule has 0 aliphatic heterocycles. The van der Waals surface area contributed by atoms with Crippen LogP contribution in [0.3, 0.4) is 0 Å². The van der Waals surface area contributed by atoms with Crippen molar-refractivity contribution in [2.75, 3.05) is 40.9 Å². The number of nitrogens with zero attached hydrogens (tertiary/aromatic N) is 1. The number of phosphoric acid groups is 1. The number of nitrogens with one attached hydrogen (secondary N) is 1. The van der Waals surface area contributed by atoms with E-state index in [1.165, 1.54) is 83.5 Å².